The quantitative estimate of drug-likeness (QED) is 0.822. The van der Waals surface area contributed by atoms with Crippen molar-refractivity contribution in [3.63, 3.8) is 0 Å². The van der Waals surface area contributed by atoms with Gasteiger partial charge in [-0.1, -0.05) is 52.0 Å². The van der Waals surface area contributed by atoms with Crippen molar-refractivity contribution in [2.24, 2.45) is 5.92 Å². The zero-order valence-corrected chi connectivity index (χ0v) is 11.0. The zero-order chi connectivity index (χ0) is 12.2. The summed E-state index contributed by atoms with van der Waals surface area (Å²) >= 11 is 0. The first-order chi connectivity index (χ1) is 7.43. The standard InChI is InChI=1S/C15H24O/c1-12(8-9-16)10-13-6-5-7-14(11-13)15(2,3)4/h5-7,11-12,16H,8-10H2,1-4H3. The van der Waals surface area contributed by atoms with E-state index in [0.717, 1.165) is 12.8 Å². The number of hydrogen-bond acceptors (Lipinski definition) is 1. The third kappa shape index (κ3) is 3.97. The fraction of sp³-hybridized carbons (Fsp3) is 0.600. The lowest BCUT2D eigenvalue weighted by atomic mass is 9.85. The highest BCUT2D eigenvalue weighted by atomic mass is 16.3. The van der Waals surface area contributed by atoms with Gasteiger partial charge < -0.3 is 5.11 Å². The van der Waals surface area contributed by atoms with Crippen LogP contribution in [-0.2, 0) is 11.8 Å². The Balaban J connectivity index is 2.75. The first-order valence-corrected chi connectivity index (χ1v) is 6.13. The highest BCUT2D eigenvalue weighted by Gasteiger charge is 2.14. The molecule has 0 saturated carbocycles. The Morgan fingerprint density at radius 1 is 1.25 bits per heavy atom. The summed E-state index contributed by atoms with van der Waals surface area (Å²) in [6, 6.07) is 8.82. The van der Waals surface area contributed by atoms with Gasteiger partial charge in [-0.05, 0) is 35.3 Å². The van der Waals surface area contributed by atoms with Crippen molar-refractivity contribution in [2.75, 3.05) is 6.61 Å². The molecule has 1 nitrogen and oxygen atoms in total. The van der Waals surface area contributed by atoms with Crippen LogP contribution < -0.4 is 0 Å². The van der Waals surface area contributed by atoms with Crippen LogP contribution in [0.15, 0.2) is 24.3 Å². The predicted molar refractivity (Wildman–Crippen MR) is 69.7 cm³/mol. The molecule has 90 valence electrons. The highest BCUT2D eigenvalue weighted by molar-refractivity contribution is 5.28. The molecule has 1 heteroatoms. The summed E-state index contributed by atoms with van der Waals surface area (Å²) in [5, 5.41) is 8.90. The van der Waals surface area contributed by atoms with Crippen LogP contribution in [0.2, 0.25) is 0 Å². The van der Waals surface area contributed by atoms with Gasteiger partial charge in [0, 0.05) is 6.61 Å². The van der Waals surface area contributed by atoms with Gasteiger partial charge in [0.2, 0.25) is 0 Å². The SMILES string of the molecule is CC(CCO)Cc1cccc(C(C)(C)C)c1. The van der Waals surface area contributed by atoms with E-state index in [4.69, 9.17) is 5.11 Å². The molecule has 1 atom stereocenters. The van der Waals surface area contributed by atoms with Gasteiger partial charge >= 0.3 is 0 Å². The van der Waals surface area contributed by atoms with E-state index in [1.807, 2.05) is 0 Å². The molecule has 0 aromatic heterocycles. The van der Waals surface area contributed by atoms with E-state index in [2.05, 4.69) is 52.0 Å². The van der Waals surface area contributed by atoms with Crippen LogP contribution in [0.4, 0.5) is 0 Å². The summed E-state index contributed by atoms with van der Waals surface area (Å²) < 4.78 is 0. The second kappa shape index (κ2) is 5.49. The maximum Gasteiger partial charge on any atom is 0.0433 e. The van der Waals surface area contributed by atoms with Crippen LogP contribution in [0.3, 0.4) is 0 Å². The molecular formula is C15H24O. The van der Waals surface area contributed by atoms with E-state index >= 15 is 0 Å². The molecule has 1 aromatic rings. The lowest BCUT2D eigenvalue weighted by molar-refractivity contribution is 0.262. The minimum Gasteiger partial charge on any atom is -0.396 e. The fourth-order valence-electron chi connectivity index (χ4n) is 1.89. The maximum atomic E-state index is 8.90. The molecule has 0 heterocycles. The van der Waals surface area contributed by atoms with Crippen LogP contribution in [-0.4, -0.2) is 11.7 Å². The molecule has 1 aromatic carbocycles. The Morgan fingerprint density at radius 2 is 1.94 bits per heavy atom. The molecule has 0 aliphatic rings. The van der Waals surface area contributed by atoms with Gasteiger partial charge in [-0.25, -0.2) is 0 Å². The average Bonchev–Trinajstić information content (AvgIpc) is 2.17. The summed E-state index contributed by atoms with van der Waals surface area (Å²) in [6.45, 7) is 9.20. The van der Waals surface area contributed by atoms with Crippen molar-refractivity contribution in [1.82, 2.24) is 0 Å². The number of aliphatic hydroxyl groups excluding tert-OH is 1. The smallest absolute Gasteiger partial charge is 0.0433 e. The van der Waals surface area contributed by atoms with Gasteiger partial charge in [0.25, 0.3) is 0 Å². The largest absolute Gasteiger partial charge is 0.396 e. The summed E-state index contributed by atoms with van der Waals surface area (Å²) in [4.78, 5) is 0. The molecule has 0 spiro atoms. The Kier molecular flexibility index (Phi) is 4.55. The summed E-state index contributed by atoms with van der Waals surface area (Å²) in [7, 11) is 0. The molecule has 0 radical (unpaired) electrons. The molecule has 1 N–H and O–H groups in total. The van der Waals surface area contributed by atoms with E-state index < -0.39 is 0 Å². The van der Waals surface area contributed by atoms with Gasteiger partial charge in [0.1, 0.15) is 0 Å². The van der Waals surface area contributed by atoms with Crippen molar-refractivity contribution < 1.29 is 5.11 Å². The third-order valence-corrected chi connectivity index (χ3v) is 3.00. The Morgan fingerprint density at radius 3 is 2.50 bits per heavy atom. The number of aliphatic hydroxyl groups is 1. The Labute approximate surface area is 99.5 Å². The van der Waals surface area contributed by atoms with Crippen molar-refractivity contribution in [2.45, 2.75) is 46.0 Å². The topological polar surface area (TPSA) is 20.2 Å². The van der Waals surface area contributed by atoms with Gasteiger partial charge in [0.15, 0.2) is 0 Å². The van der Waals surface area contributed by atoms with Crippen LogP contribution in [0.25, 0.3) is 0 Å². The lowest BCUT2D eigenvalue weighted by Gasteiger charge is -2.20. The Bertz CT molecular complexity index is 322. The van der Waals surface area contributed by atoms with Gasteiger partial charge in [0.05, 0.1) is 0 Å². The zero-order valence-electron chi connectivity index (χ0n) is 11.0. The first kappa shape index (κ1) is 13.2. The van der Waals surface area contributed by atoms with E-state index in [0.29, 0.717) is 12.5 Å². The van der Waals surface area contributed by atoms with Crippen LogP contribution >= 0.6 is 0 Å². The first-order valence-electron chi connectivity index (χ1n) is 6.13. The normalized spacial score (nSPS) is 13.8. The summed E-state index contributed by atoms with van der Waals surface area (Å²) in [6.07, 6.45) is 1.95. The molecule has 0 saturated heterocycles. The van der Waals surface area contributed by atoms with E-state index in [1.165, 1.54) is 11.1 Å². The molecule has 16 heavy (non-hydrogen) atoms. The van der Waals surface area contributed by atoms with Crippen molar-refractivity contribution >= 4 is 0 Å². The van der Waals surface area contributed by atoms with Crippen LogP contribution in [0.5, 0.6) is 0 Å². The molecule has 0 bridgehead atoms. The van der Waals surface area contributed by atoms with Gasteiger partial charge in [-0.15, -0.1) is 0 Å². The minimum atomic E-state index is 0.218. The van der Waals surface area contributed by atoms with Crippen LogP contribution in [0.1, 0.15) is 45.2 Å². The monoisotopic (exact) mass is 220 g/mol. The summed E-state index contributed by atoms with van der Waals surface area (Å²) in [5.41, 5.74) is 2.99. The predicted octanol–water partition coefficient (Wildman–Crippen LogP) is 3.55. The average molecular weight is 220 g/mol. The lowest BCUT2D eigenvalue weighted by Crippen LogP contribution is -2.11. The second-order valence-electron chi connectivity index (χ2n) is 5.77. The number of hydrogen-bond donors (Lipinski definition) is 1. The Hall–Kier alpha value is -0.820. The van der Waals surface area contributed by atoms with E-state index in [1.54, 1.807) is 0 Å². The minimum absolute atomic E-state index is 0.218. The van der Waals surface area contributed by atoms with Crippen molar-refractivity contribution in [3.8, 4) is 0 Å². The van der Waals surface area contributed by atoms with Gasteiger partial charge in [-0.3, -0.25) is 0 Å². The fourth-order valence-corrected chi connectivity index (χ4v) is 1.89. The molecule has 0 fully saturated rings. The third-order valence-electron chi connectivity index (χ3n) is 3.00. The molecule has 1 rings (SSSR count). The highest BCUT2D eigenvalue weighted by Crippen LogP contribution is 2.24. The second-order valence-corrected chi connectivity index (χ2v) is 5.77. The van der Waals surface area contributed by atoms with Crippen LogP contribution in [0, 0.1) is 5.92 Å². The molecular weight excluding hydrogens is 196 g/mol. The molecule has 0 aliphatic heterocycles. The molecule has 1 unspecified atom stereocenters. The number of benzene rings is 1. The summed E-state index contributed by atoms with van der Waals surface area (Å²) in [5.74, 6) is 0.556. The van der Waals surface area contributed by atoms with E-state index in [-0.39, 0.29) is 5.41 Å². The molecule has 0 aliphatic carbocycles. The number of rotatable bonds is 4. The van der Waals surface area contributed by atoms with E-state index in [9.17, 15) is 0 Å². The van der Waals surface area contributed by atoms with Crippen molar-refractivity contribution in [3.05, 3.63) is 35.4 Å². The maximum absolute atomic E-state index is 8.90. The van der Waals surface area contributed by atoms with Gasteiger partial charge in [-0.2, -0.15) is 0 Å². The molecule has 0 amide bonds. The van der Waals surface area contributed by atoms with Crippen molar-refractivity contribution in [1.29, 1.82) is 0 Å².